The Morgan fingerprint density at radius 1 is 1.14 bits per heavy atom. The first-order valence-corrected chi connectivity index (χ1v) is 7.83. The van der Waals surface area contributed by atoms with Crippen molar-refractivity contribution in [3.05, 3.63) is 53.6 Å². The second-order valence-corrected chi connectivity index (χ2v) is 6.14. The van der Waals surface area contributed by atoms with Gasteiger partial charge in [0.15, 0.2) is 0 Å². The molecule has 0 saturated heterocycles. The third-order valence-electron chi connectivity index (χ3n) is 3.02. The van der Waals surface area contributed by atoms with Crippen molar-refractivity contribution >= 4 is 11.8 Å². The third-order valence-corrected chi connectivity index (χ3v) is 4.16. The molecule has 4 heteroatoms. The predicted octanol–water partition coefficient (Wildman–Crippen LogP) is 3.54. The fourth-order valence-electron chi connectivity index (χ4n) is 1.96. The summed E-state index contributed by atoms with van der Waals surface area (Å²) in [4.78, 5) is 0.931. The molecule has 0 aliphatic rings. The SMILES string of the molecule is Cc1ccc(OCC(O)CSc2cccc(O)c2)c(C)c1. The van der Waals surface area contributed by atoms with Crippen molar-refractivity contribution in [2.24, 2.45) is 0 Å². The van der Waals surface area contributed by atoms with Gasteiger partial charge in [0.05, 0.1) is 6.10 Å². The Labute approximate surface area is 129 Å². The van der Waals surface area contributed by atoms with Crippen LogP contribution in [-0.4, -0.2) is 28.7 Å². The summed E-state index contributed by atoms with van der Waals surface area (Å²) in [6, 6.07) is 13.0. The summed E-state index contributed by atoms with van der Waals surface area (Å²) in [7, 11) is 0. The Hall–Kier alpha value is -1.65. The molecular formula is C17H20O3S. The maximum absolute atomic E-state index is 9.98. The Balaban J connectivity index is 1.80. The number of phenolic OH excluding ortho intramolecular Hbond substituents is 1. The van der Waals surface area contributed by atoms with Gasteiger partial charge >= 0.3 is 0 Å². The molecule has 0 aliphatic carbocycles. The molecule has 0 aromatic heterocycles. The highest BCUT2D eigenvalue weighted by Gasteiger charge is 2.08. The minimum Gasteiger partial charge on any atom is -0.508 e. The van der Waals surface area contributed by atoms with Crippen molar-refractivity contribution in [1.29, 1.82) is 0 Å². The monoisotopic (exact) mass is 304 g/mol. The molecule has 0 fully saturated rings. The highest BCUT2D eigenvalue weighted by atomic mass is 32.2. The predicted molar refractivity (Wildman–Crippen MR) is 86.2 cm³/mol. The first-order chi connectivity index (χ1) is 10.0. The van der Waals surface area contributed by atoms with E-state index in [1.807, 2.05) is 32.0 Å². The highest BCUT2D eigenvalue weighted by Crippen LogP contribution is 2.23. The summed E-state index contributed by atoms with van der Waals surface area (Å²) in [6.45, 7) is 4.30. The van der Waals surface area contributed by atoms with E-state index in [0.717, 1.165) is 16.2 Å². The van der Waals surface area contributed by atoms with E-state index in [1.54, 1.807) is 18.2 Å². The van der Waals surface area contributed by atoms with Gasteiger partial charge in [0.25, 0.3) is 0 Å². The maximum atomic E-state index is 9.98. The van der Waals surface area contributed by atoms with Crippen molar-refractivity contribution in [3.63, 3.8) is 0 Å². The molecule has 0 radical (unpaired) electrons. The van der Waals surface area contributed by atoms with Crippen LogP contribution in [0.1, 0.15) is 11.1 Å². The molecule has 1 atom stereocenters. The van der Waals surface area contributed by atoms with Crippen LogP contribution in [0.2, 0.25) is 0 Å². The molecule has 0 heterocycles. The molecule has 2 N–H and O–H groups in total. The van der Waals surface area contributed by atoms with Crippen LogP contribution in [-0.2, 0) is 0 Å². The fourth-order valence-corrected chi connectivity index (χ4v) is 2.82. The number of hydrogen-bond donors (Lipinski definition) is 2. The van der Waals surface area contributed by atoms with Crippen LogP contribution in [0.15, 0.2) is 47.4 Å². The van der Waals surface area contributed by atoms with Crippen LogP contribution in [0.4, 0.5) is 0 Å². The molecule has 0 amide bonds. The maximum Gasteiger partial charge on any atom is 0.122 e. The van der Waals surface area contributed by atoms with Crippen LogP contribution >= 0.6 is 11.8 Å². The first kappa shape index (κ1) is 15.7. The lowest BCUT2D eigenvalue weighted by Crippen LogP contribution is -2.20. The fraction of sp³-hybridized carbons (Fsp3) is 0.294. The molecule has 112 valence electrons. The molecule has 0 bridgehead atoms. The molecular weight excluding hydrogens is 284 g/mol. The number of aromatic hydroxyl groups is 1. The van der Waals surface area contributed by atoms with Gasteiger partial charge in [-0.1, -0.05) is 23.8 Å². The molecule has 21 heavy (non-hydrogen) atoms. The number of thioether (sulfide) groups is 1. The summed E-state index contributed by atoms with van der Waals surface area (Å²) in [5, 5.41) is 19.4. The van der Waals surface area contributed by atoms with Gasteiger partial charge in [-0.15, -0.1) is 11.8 Å². The third kappa shape index (κ3) is 4.99. The lowest BCUT2D eigenvalue weighted by molar-refractivity contribution is 0.126. The largest absolute Gasteiger partial charge is 0.508 e. The zero-order valence-corrected chi connectivity index (χ0v) is 13.1. The summed E-state index contributed by atoms with van der Waals surface area (Å²) in [6.07, 6.45) is -0.557. The summed E-state index contributed by atoms with van der Waals surface area (Å²) < 4.78 is 5.65. The van der Waals surface area contributed by atoms with Crippen LogP contribution < -0.4 is 4.74 Å². The minimum absolute atomic E-state index is 0.237. The average Bonchev–Trinajstić information content (AvgIpc) is 2.44. The van der Waals surface area contributed by atoms with Crippen molar-refractivity contribution in [1.82, 2.24) is 0 Å². The number of aliphatic hydroxyl groups is 1. The standard InChI is InChI=1S/C17H20O3S/c1-12-6-7-17(13(2)8-12)20-10-15(19)11-21-16-5-3-4-14(18)9-16/h3-9,15,18-19H,10-11H2,1-2H3. The number of rotatable bonds is 6. The van der Waals surface area contributed by atoms with E-state index < -0.39 is 6.10 Å². The van der Waals surface area contributed by atoms with Gasteiger partial charge in [0.2, 0.25) is 0 Å². The molecule has 1 unspecified atom stereocenters. The number of benzene rings is 2. The van der Waals surface area contributed by atoms with Crippen molar-refractivity contribution in [3.8, 4) is 11.5 Å². The van der Waals surface area contributed by atoms with Crippen molar-refractivity contribution in [2.45, 2.75) is 24.8 Å². The van der Waals surface area contributed by atoms with Crippen LogP contribution in [0.5, 0.6) is 11.5 Å². The van der Waals surface area contributed by atoms with Gasteiger partial charge in [0, 0.05) is 10.6 Å². The first-order valence-electron chi connectivity index (χ1n) is 6.84. The Kier molecular flexibility index (Phi) is 5.53. The Morgan fingerprint density at radius 2 is 1.95 bits per heavy atom. The number of ether oxygens (including phenoxy) is 1. The lowest BCUT2D eigenvalue weighted by Gasteiger charge is -2.14. The summed E-state index contributed by atoms with van der Waals surface area (Å²) >= 11 is 1.49. The van der Waals surface area contributed by atoms with Crippen molar-refractivity contribution < 1.29 is 14.9 Å². The highest BCUT2D eigenvalue weighted by molar-refractivity contribution is 7.99. The smallest absolute Gasteiger partial charge is 0.122 e. The molecule has 2 rings (SSSR count). The van der Waals surface area contributed by atoms with Gasteiger partial charge < -0.3 is 14.9 Å². The average molecular weight is 304 g/mol. The van der Waals surface area contributed by atoms with Crippen LogP contribution in [0.25, 0.3) is 0 Å². The van der Waals surface area contributed by atoms with E-state index in [0.29, 0.717) is 5.75 Å². The quantitative estimate of drug-likeness (QED) is 0.801. The van der Waals surface area contributed by atoms with E-state index >= 15 is 0 Å². The van der Waals surface area contributed by atoms with Crippen LogP contribution in [0.3, 0.4) is 0 Å². The zero-order chi connectivity index (χ0) is 15.2. The van der Waals surface area contributed by atoms with E-state index in [-0.39, 0.29) is 12.4 Å². The minimum atomic E-state index is -0.557. The van der Waals surface area contributed by atoms with E-state index in [4.69, 9.17) is 4.74 Å². The molecule has 0 saturated carbocycles. The van der Waals surface area contributed by atoms with Crippen molar-refractivity contribution in [2.75, 3.05) is 12.4 Å². The van der Waals surface area contributed by atoms with Crippen LogP contribution in [0, 0.1) is 13.8 Å². The van der Waals surface area contributed by atoms with Gasteiger partial charge in [-0.3, -0.25) is 0 Å². The second kappa shape index (κ2) is 7.38. The lowest BCUT2D eigenvalue weighted by atomic mass is 10.1. The Morgan fingerprint density at radius 3 is 2.67 bits per heavy atom. The molecule has 3 nitrogen and oxygen atoms in total. The van der Waals surface area contributed by atoms with E-state index in [9.17, 15) is 10.2 Å². The molecule has 0 aliphatic heterocycles. The van der Waals surface area contributed by atoms with E-state index in [2.05, 4.69) is 6.07 Å². The van der Waals surface area contributed by atoms with Gasteiger partial charge in [-0.2, -0.15) is 0 Å². The molecule has 2 aromatic carbocycles. The molecule has 2 aromatic rings. The number of aryl methyl sites for hydroxylation is 2. The van der Waals surface area contributed by atoms with Gasteiger partial charge in [-0.05, 0) is 43.7 Å². The normalized spacial score (nSPS) is 12.1. The second-order valence-electron chi connectivity index (χ2n) is 5.04. The summed E-state index contributed by atoms with van der Waals surface area (Å²) in [5.41, 5.74) is 2.27. The summed E-state index contributed by atoms with van der Waals surface area (Å²) in [5.74, 6) is 1.57. The number of hydrogen-bond acceptors (Lipinski definition) is 4. The van der Waals surface area contributed by atoms with Gasteiger partial charge in [0.1, 0.15) is 18.1 Å². The molecule has 0 spiro atoms. The van der Waals surface area contributed by atoms with Gasteiger partial charge in [-0.25, -0.2) is 0 Å². The number of phenols is 1. The topological polar surface area (TPSA) is 49.7 Å². The zero-order valence-electron chi connectivity index (χ0n) is 12.2. The Bertz CT molecular complexity index is 598. The van der Waals surface area contributed by atoms with E-state index in [1.165, 1.54) is 17.3 Å². The number of aliphatic hydroxyl groups excluding tert-OH is 1.